The van der Waals surface area contributed by atoms with Gasteiger partial charge in [0.05, 0.1) is 28.7 Å². The molecule has 3 aromatic carbocycles. The Kier molecular flexibility index (Phi) is 8.62. The summed E-state index contributed by atoms with van der Waals surface area (Å²) in [4.78, 5) is 18.2. The molecule has 0 radical (unpaired) electrons. The molecule has 6 nitrogen and oxygen atoms in total. The van der Waals surface area contributed by atoms with Crippen molar-refractivity contribution in [3.8, 4) is 11.5 Å². The van der Waals surface area contributed by atoms with Crippen LogP contribution in [0.25, 0.3) is 10.9 Å². The number of ether oxygens (including phenoxy) is 2. The minimum atomic E-state index is -0.419. The third-order valence-corrected chi connectivity index (χ3v) is 8.63. The highest BCUT2D eigenvalue weighted by Crippen LogP contribution is 2.42. The van der Waals surface area contributed by atoms with Gasteiger partial charge in [0, 0.05) is 24.4 Å². The van der Waals surface area contributed by atoms with Gasteiger partial charge in [-0.05, 0) is 73.8 Å². The van der Waals surface area contributed by atoms with E-state index in [1.807, 2.05) is 63.2 Å². The Morgan fingerprint density at radius 3 is 2.30 bits per heavy atom. The van der Waals surface area contributed by atoms with Crippen LogP contribution in [0.5, 0.6) is 11.5 Å². The Hall–Kier alpha value is -2.01. The second kappa shape index (κ2) is 11.4. The SMILES string of the molecule is COc1cc(C=Nn2c(C(C)(C)C)nc3ccc(Br)cc3c2=O)c(Br)c(Br)c1OCc1ccc(Br)cc1. The summed E-state index contributed by atoms with van der Waals surface area (Å²) in [7, 11) is 1.58. The third-order valence-electron chi connectivity index (χ3n) is 5.46. The van der Waals surface area contributed by atoms with E-state index in [-0.39, 0.29) is 5.56 Å². The molecular weight excluding hydrogens is 734 g/mol. The van der Waals surface area contributed by atoms with Gasteiger partial charge < -0.3 is 9.47 Å². The van der Waals surface area contributed by atoms with E-state index in [2.05, 4.69) is 68.8 Å². The maximum atomic E-state index is 13.5. The number of fused-ring (bicyclic) bond motifs is 1. The van der Waals surface area contributed by atoms with E-state index in [0.717, 1.165) is 14.5 Å². The van der Waals surface area contributed by atoms with E-state index < -0.39 is 5.41 Å². The lowest BCUT2D eigenvalue weighted by molar-refractivity contribution is 0.282. The van der Waals surface area contributed by atoms with E-state index >= 15 is 0 Å². The topological polar surface area (TPSA) is 65.7 Å². The lowest BCUT2D eigenvalue weighted by Gasteiger charge is -2.21. The molecule has 0 aliphatic carbocycles. The van der Waals surface area contributed by atoms with Crippen LogP contribution in [-0.2, 0) is 12.0 Å². The molecule has 0 amide bonds. The molecule has 1 heterocycles. The summed E-state index contributed by atoms with van der Waals surface area (Å²) in [6.45, 7) is 6.36. The zero-order valence-electron chi connectivity index (χ0n) is 20.5. The second-order valence-corrected chi connectivity index (χ2v) is 12.7. The van der Waals surface area contributed by atoms with Gasteiger partial charge >= 0.3 is 0 Å². The summed E-state index contributed by atoms with van der Waals surface area (Å²) in [5, 5.41) is 5.06. The Labute approximate surface area is 248 Å². The van der Waals surface area contributed by atoms with Crippen molar-refractivity contribution in [2.75, 3.05) is 7.11 Å². The molecule has 192 valence electrons. The first kappa shape index (κ1) is 28.0. The monoisotopic (exact) mass is 753 g/mol. The van der Waals surface area contributed by atoms with Gasteiger partial charge in [-0.1, -0.05) is 64.8 Å². The molecule has 0 aliphatic heterocycles. The number of rotatable bonds is 6. The lowest BCUT2D eigenvalue weighted by Crippen LogP contribution is -2.29. The Morgan fingerprint density at radius 2 is 1.65 bits per heavy atom. The zero-order valence-corrected chi connectivity index (χ0v) is 26.8. The van der Waals surface area contributed by atoms with Gasteiger partial charge in [-0.15, -0.1) is 0 Å². The van der Waals surface area contributed by atoms with Crippen LogP contribution in [-0.4, -0.2) is 23.0 Å². The summed E-state index contributed by atoms with van der Waals surface area (Å²) >= 11 is 14.2. The molecule has 37 heavy (non-hydrogen) atoms. The summed E-state index contributed by atoms with van der Waals surface area (Å²) in [6, 6.07) is 15.2. The molecule has 0 atom stereocenters. The fraction of sp³-hybridized carbons (Fsp3) is 0.222. The highest BCUT2D eigenvalue weighted by Gasteiger charge is 2.23. The largest absolute Gasteiger partial charge is 0.493 e. The molecule has 0 N–H and O–H groups in total. The quantitative estimate of drug-likeness (QED) is 0.186. The molecule has 1 aromatic heterocycles. The maximum Gasteiger partial charge on any atom is 0.282 e. The summed E-state index contributed by atoms with van der Waals surface area (Å²) < 4.78 is 16.3. The molecule has 0 fully saturated rings. The van der Waals surface area contributed by atoms with Gasteiger partial charge in [-0.3, -0.25) is 4.79 Å². The van der Waals surface area contributed by atoms with Crippen molar-refractivity contribution in [2.45, 2.75) is 32.8 Å². The summed E-state index contributed by atoms with van der Waals surface area (Å²) in [6.07, 6.45) is 1.61. The average molecular weight is 757 g/mol. The Bertz CT molecular complexity index is 1560. The van der Waals surface area contributed by atoms with E-state index in [1.54, 1.807) is 19.4 Å². The zero-order chi connectivity index (χ0) is 26.9. The number of hydrogen-bond acceptors (Lipinski definition) is 5. The van der Waals surface area contributed by atoms with Crippen LogP contribution in [0.4, 0.5) is 0 Å². The van der Waals surface area contributed by atoms with Crippen molar-refractivity contribution < 1.29 is 9.47 Å². The highest BCUT2D eigenvalue weighted by atomic mass is 79.9. The second-order valence-electron chi connectivity index (χ2n) is 9.25. The number of methoxy groups -OCH3 is 1. The van der Waals surface area contributed by atoms with Crippen LogP contribution in [0.3, 0.4) is 0 Å². The van der Waals surface area contributed by atoms with Crippen LogP contribution in [0, 0.1) is 0 Å². The van der Waals surface area contributed by atoms with Gasteiger partial charge in [0.15, 0.2) is 11.5 Å². The molecular formula is C27H23Br4N3O3. The lowest BCUT2D eigenvalue weighted by atomic mass is 9.95. The molecule has 4 rings (SSSR count). The molecule has 4 aromatic rings. The number of nitrogens with zero attached hydrogens (tertiary/aromatic N) is 3. The van der Waals surface area contributed by atoms with Gasteiger partial charge in [0.25, 0.3) is 5.56 Å². The Balaban J connectivity index is 1.76. The van der Waals surface area contributed by atoms with E-state index in [1.165, 1.54) is 4.68 Å². The number of halogens is 4. The first-order valence-electron chi connectivity index (χ1n) is 11.2. The molecule has 0 bridgehead atoms. The average Bonchev–Trinajstić information content (AvgIpc) is 2.85. The summed E-state index contributed by atoms with van der Waals surface area (Å²) in [5.74, 6) is 1.64. The van der Waals surface area contributed by atoms with Gasteiger partial charge in [-0.25, -0.2) is 4.98 Å². The molecule has 0 spiro atoms. The van der Waals surface area contributed by atoms with Crippen LogP contribution >= 0.6 is 63.7 Å². The van der Waals surface area contributed by atoms with Crippen LogP contribution in [0.15, 0.2) is 76.3 Å². The van der Waals surface area contributed by atoms with E-state index in [4.69, 9.17) is 14.5 Å². The number of benzene rings is 3. The van der Waals surface area contributed by atoms with Crippen molar-refractivity contribution in [1.82, 2.24) is 9.66 Å². The van der Waals surface area contributed by atoms with Crippen molar-refractivity contribution in [3.05, 3.63) is 93.7 Å². The Morgan fingerprint density at radius 1 is 0.973 bits per heavy atom. The molecule has 0 saturated heterocycles. The normalized spacial score (nSPS) is 11.9. The van der Waals surface area contributed by atoms with Crippen molar-refractivity contribution >= 4 is 80.8 Å². The molecule has 0 unspecified atom stereocenters. The van der Waals surface area contributed by atoms with Gasteiger partial charge in [-0.2, -0.15) is 9.78 Å². The van der Waals surface area contributed by atoms with Crippen molar-refractivity contribution in [3.63, 3.8) is 0 Å². The molecule has 0 aliphatic rings. The van der Waals surface area contributed by atoms with Crippen LogP contribution in [0.1, 0.15) is 37.7 Å². The van der Waals surface area contributed by atoms with E-state index in [9.17, 15) is 4.79 Å². The predicted octanol–water partition coefficient (Wildman–Crippen LogP) is 8.21. The minimum absolute atomic E-state index is 0.246. The maximum absolute atomic E-state index is 13.5. The first-order chi connectivity index (χ1) is 17.5. The first-order valence-corrected chi connectivity index (χ1v) is 14.4. The highest BCUT2D eigenvalue weighted by molar-refractivity contribution is 9.13. The predicted molar refractivity (Wildman–Crippen MR) is 162 cm³/mol. The van der Waals surface area contributed by atoms with Crippen LogP contribution in [0.2, 0.25) is 0 Å². The van der Waals surface area contributed by atoms with E-state index in [0.29, 0.717) is 49.3 Å². The summed E-state index contributed by atoms with van der Waals surface area (Å²) in [5.41, 5.74) is 1.67. The molecule has 10 heteroatoms. The fourth-order valence-electron chi connectivity index (χ4n) is 3.58. The van der Waals surface area contributed by atoms with Crippen molar-refractivity contribution in [2.24, 2.45) is 5.10 Å². The van der Waals surface area contributed by atoms with Gasteiger partial charge in [0.2, 0.25) is 0 Å². The minimum Gasteiger partial charge on any atom is -0.493 e. The van der Waals surface area contributed by atoms with Crippen molar-refractivity contribution in [1.29, 1.82) is 0 Å². The number of hydrogen-bond donors (Lipinski definition) is 0. The number of aromatic nitrogens is 2. The standard InChI is InChI=1S/C27H23Br4N3O3/c1-27(2,3)26-33-20-10-9-18(29)12-19(20)25(35)34(26)32-13-16-11-21(36-4)24(23(31)22(16)30)37-14-15-5-7-17(28)8-6-15/h5-13H,14H2,1-4H3. The van der Waals surface area contributed by atoms with Crippen LogP contribution < -0.4 is 15.0 Å². The third kappa shape index (κ3) is 6.19. The fourth-order valence-corrected chi connectivity index (χ4v) is 5.14. The van der Waals surface area contributed by atoms with Gasteiger partial charge in [0.1, 0.15) is 12.4 Å². The molecule has 0 saturated carbocycles. The smallest absolute Gasteiger partial charge is 0.282 e.